The van der Waals surface area contributed by atoms with Crippen LogP contribution in [0.4, 0.5) is 0 Å². The SMILES string of the molecule is Cc1cccnn1.Cc1ccncn1.Cc1ccnnc1.Cc1ccnnn1.Cc1cncnc1.Cc1cncnn1.Cc1cnnnc1.Cc1ncccn1.Cc1nccnn1.Cc1ncncn1. The van der Waals surface area contributed by atoms with Crippen molar-refractivity contribution in [1.82, 2.24) is 126 Å². The molecule has 0 aliphatic rings. The van der Waals surface area contributed by atoms with Crippen molar-refractivity contribution in [2.45, 2.75) is 69.2 Å². The predicted molar refractivity (Wildman–Crippen MR) is 257 cm³/mol. The highest BCUT2D eigenvalue weighted by atomic mass is 15.3. The summed E-state index contributed by atoms with van der Waals surface area (Å²) in [5.74, 6) is 2.29. The zero-order valence-electron chi connectivity index (χ0n) is 40.6. The summed E-state index contributed by atoms with van der Waals surface area (Å²) in [4.78, 5) is 41.5. The highest BCUT2D eigenvalue weighted by Gasteiger charge is 1.81. The van der Waals surface area contributed by atoms with Gasteiger partial charge in [-0.1, -0.05) is 0 Å². The third kappa shape index (κ3) is 38.9. The maximum atomic E-state index is 3.87. The molecule has 10 aromatic heterocycles. The number of aromatic nitrogens is 25. The molecule has 0 saturated heterocycles. The first kappa shape index (κ1) is 58.5. The number of rotatable bonds is 0. The van der Waals surface area contributed by atoms with Gasteiger partial charge in [0, 0.05) is 55.3 Å². The minimum absolute atomic E-state index is 0.711. The minimum atomic E-state index is 0.711. The number of hydrogen-bond acceptors (Lipinski definition) is 25. The first-order chi connectivity index (χ1) is 33.9. The summed E-state index contributed by atoms with van der Waals surface area (Å²) in [6.45, 7) is 18.9. The summed E-state index contributed by atoms with van der Waals surface area (Å²) in [6.07, 6.45) is 30.9. The number of hydrogen-bond donors (Lipinski definition) is 0. The predicted octanol–water partition coefficient (Wildman–Crippen LogP) is 4.83. The quantitative estimate of drug-likeness (QED) is 0.196. The van der Waals surface area contributed by atoms with Crippen LogP contribution in [-0.4, -0.2) is 126 Å². The van der Waals surface area contributed by atoms with E-state index in [1.807, 2.05) is 86.6 Å². The fourth-order valence-electron chi connectivity index (χ4n) is 3.36. The van der Waals surface area contributed by atoms with Crippen LogP contribution >= 0.6 is 0 Å². The molecule has 0 amide bonds. The summed E-state index contributed by atoms with van der Waals surface area (Å²) < 4.78 is 0. The van der Waals surface area contributed by atoms with Gasteiger partial charge in [0.05, 0.1) is 54.3 Å². The van der Waals surface area contributed by atoms with E-state index in [1.165, 1.54) is 31.6 Å². The van der Waals surface area contributed by atoms with Crippen molar-refractivity contribution < 1.29 is 0 Å². The molecule has 0 fully saturated rings. The fourth-order valence-corrected chi connectivity index (χ4v) is 3.36. The van der Waals surface area contributed by atoms with Crippen LogP contribution in [0.25, 0.3) is 0 Å². The van der Waals surface area contributed by atoms with Gasteiger partial charge in [-0.2, -0.15) is 30.6 Å². The van der Waals surface area contributed by atoms with Gasteiger partial charge >= 0.3 is 0 Å². The van der Waals surface area contributed by atoms with Gasteiger partial charge in [-0.15, -0.1) is 30.6 Å². The Balaban J connectivity index is 0.000000389. The first-order valence-corrected chi connectivity index (χ1v) is 20.6. The van der Waals surface area contributed by atoms with Gasteiger partial charge in [0.15, 0.2) is 0 Å². The van der Waals surface area contributed by atoms with Crippen LogP contribution in [0.3, 0.4) is 0 Å². The van der Waals surface area contributed by atoms with Gasteiger partial charge in [-0.3, -0.25) is 0 Å². The normalized spacial score (nSPS) is 8.71. The second-order valence-corrected chi connectivity index (χ2v) is 13.1. The van der Waals surface area contributed by atoms with Gasteiger partial charge < -0.3 is 0 Å². The van der Waals surface area contributed by atoms with E-state index in [9.17, 15) is 0 Å². The van der Waals surface area contributed by atoms with E-state index >= 15 is 0 Å². The lowest BCUT2D eigenvalue weighted by atomic mass is 10.4. The van der Waals surface area contributed by atoms with Crippen molar-refractivity contribution in [2.24, 2.45) is 0 Å². The van der Waals surface area contributed by atoms with Gasteiger partial charge in [0.25, 0.3) is 0 Å². The first-order valence-electron chi connectivity index (χ1n) is 20.6. The van der Waals surface area contributed by atoms with Crippen LogP contribution in [0.5, 0.6) is 0 Å². The minimum Gasteiger partial charge on any atom is -0.245 e. The van der Waals surface area contributed by atoms with Crippen LogP contribution in [0.15, 0.2) is 155 Å². The van der Waals surface area contributed by atoms with E-state index in [0.717, 1.165) is 51.1 Å². The maximum Gasteiger partial charge on any atom is 0.147 e. The Kier molecular flexibility index (Phi) is 34.2. The molecule has 25 heteroatoms. The van der Waals surface area contributed by atoms with E-state index in [4.69, 9.17) is 0 Å². The third-order valence-electron chi connectivity index (χ3n) is 6.63. The lowest BCUT2D eigenvalue weighted by Crippen LogP contribution is -1.85. The lowest BCUT2D eigenvalue weighted by Gasteiger charge is -1.81. The molecule has 10 heterocycles. The summed E-state index contributed by atoms with van der Waals surface area (Å²) in [7, 11) is 0. The van der Waals surface area contributed by atoms with E-state index in [0.29, 0.717) is 5.82 Å². The molecule has 0 atom stereocenters. The molecule has 0 unspecified atom stereocenters. The molecule has 0 saturated carbocycles. The lowest BCUT2D eigenvalue weighted by molar-refractivity contribution is 0.839. The topological polar surface area (TPSA) is 322 Å². The zero-order valence-corrected chi connectivity index (χ0v) is 40.6. The highest BCUT2D eigenvalue weighted by Crippen LogP contribution is 1.87. The molecule has 25 nitrogen and oxygen atoms in total. The van der Waals surface area contributed by atoms with E-state index in [2.05, 4.69) is 126 Å². The molecule has 0 aliphatic carbocycles. The Morgan fingerprint density at radius 2 is 0.843 bits per heavy atom. The Morgan fingerprint density at radius 1 is 0.257 bits per heavy atom. The molecule has 10 aromatic rings. The van der Waals surface area contributed by atoms with Gasteiger partial charge in [0.1, 0.15) is 49.1 Å². The average Bonchev–Trinajstić information content (AvgIpc) is 3.38. The van der Waals surface area contributed by atoms with Gasteiger partial charge in [-0.25, -0.2) is 54.8 Å². The molecule has 0 aromatic carbocycles. The summed E-state index contributed by atoms with van der Waals surface area (Å²) in [6, 6.07) is 11.1. The molecule has 360 valence electrons. The van der Waals surface area contributed by atoms with Crippen molar-refractivity contribution in [3.63, 3.8) is 0 Å². The molecule has 0 spiro atoms. The van der Waals surface area contributed by atoms with E-state index in [-0.39, 0.29) is 0 Å². The molecule has 70 heavy (non-hydrogen) atoms. The summed E-state index contributed by atoms with van der Waals surface area (Å²) in [5, 5.41) is 49.9. The molecule has 0 bridgehead atoms. The third-order valence-corrected chi connectivity index (χ3v) is 6.63. The number of nitrogens with zero attached hydrogens (tertiary/aromatic N) is 25. The molecule has 10 rings (SSSR count). The Hall–Kier alpha value is -9.55. The van der Waals surface area contributed by atoms with Crippen molar-refractivity contribution in [3.05, 3.63) is 212 Å². The average molecular weight is 946 g/mol. The van der Waals surface area contributed by atoms with Crippen LogP contribution in [0.1, 0.15) is 56.9 Å². The van der Waals surface area contributed by atoms with Crippen LogP contribution in [0, 0.1) is 69.2 Å². The van der Waals surface area contributed by atoms with E-state index < -0.39 is 0 Å². The summed E-state index contributed by atoms with van der Waals surface area (Å²) >= 11 is 0. The fraction of sp³-hybridized carbons (Fsp3) is 0.222. The van der Waals surface area contributed by atoms with Gasteiger partial charge in [-0.05, 0) is 133 Å². The van der Waals surface area contributed by atoms with Crippen molar-refractivity contribution >= 4 is 0 Å². The zero-order chi connectivity index (χ0) is 51.1. The molecule has 0 N–H and O–H groups in total. The van der Waals surface area contributed by atoms with Crippen molar-refractivity contribution in [3.8, 4) is 0 Å². The van der Waals surface area contributed by atoms with Crippen LogP contribution in [0.2, 0.25) is 0 Å². The van der Waals surface area contributed by atoms with Gasteiger partial charge in [0.2, 0.25) is 0 Å². The molecule has 0 radical (unpaired) electrons. The monoisotopic (exact) mass is 946 g/mol. The Labute approximate surface area is 406 Å². The molecular formula is C45H55N25. The summed E-state index contributed by atoms with van der Waals surface area (Å²) in [5.41, 5.74) is 7.00. The molecule has 0 aliphatic heterocycles. The number of aryl methyl sites for hydroxylation is 10. The Morgan fingerprint density at radius 3 is 1.13 bits per heavy atom. The smallest absolute Gasteiger partial charge is 0.147 e. The maximum absolute atomic E-state index is 3.87. The largest absolute Gasteiger partial charge is 0.245 e. The van der Waals surface area contributed by atoms with Crippen LogP contribution < -0.4 is 0 Å². The molecular weight excluding hydrogens is 891 g/mol. The standard InChI is InChI=1S/5C5H6N2.5C4H5N3/c1-5-2-6-4-7-3-5;1-5-2-3-6-4-7-5;1-5-2-3-6-7-4-5;1-5-6-3-2-4-7-5;1-5-3-2-4-6-7-5;1-4-6-2-5-3-7-4;1-4-2-5-3-6-7-4;1-4-2-5-7-6-3-4;1-4-5-2-3-6-7-4;1-4-2-3-5-7-6-4/h5*2-4H,1H3;5*2-3H,1H3. The second kappa shape index (κ2) is 40.9. The second-order valence-electron chi connectivity index (χ2n) is 13.1. The van der Waals surface area contributed by atoms with E-state index in [1.54, 1.807) is 106 Å². The van der Waals surface area contributed by atoms with Crippen molar-refractivity contribution in [2.75, 3.05) is 0 Å². The van der Waals surface area contributed by atoms with Crippen molar-refractivity contribution in [1.29, 1.82) is 0 Å². The highest BCUT2D eigenvalue weighted by molar-refractivity contribution is 5.01. The van der Waals surface area contributed by atoms with Crippen LogP contribution in [-0.2, 0) is 0 Å². The Bertz CT molecular complexity index is 1990.